The number of benzene rings is 1. The first kappa shape index (κ1) is 24.4. The quantitative estimate of drug-likeness (QED) is 0.504. The summed E-state index contributed by atoms with van der Waals surface area (Å²) in [4.78, 5) is 33.3. The first-order valence-electron chi connectivity index (χ1n) is 13.4. The number of nitrogens with zero attached hydrogens (tertiary/aromatic N) is 6. The number of aryl methyl sites for hydroxylation is 1. The average Bonchev–Trinajstić information content (AvgIpc) is 3.45. The Morgan fingerprint density at radius 1 is 1.00 bits per heavy atom. The second-order valence-electron chi connectivity index (χ2n) is 10.3. The van der Waals surface area contributed by atoms with Gasteiger partial charge in [-0.05, 0) is 57.1 Å². The number of hydrogen-bond donors (Lipinski definition) is 2. The molecule has 198 valence electrons. The topological polar surface area (TPSA) is 98.8 Å². The number of piperazine rings is 1. The molecule has 0 unspecified atom stereocenters. The monoisotopic (exact) mass is 514 g/mol. The van der Waals surface area contributed by atoms with Crippen molar-refractivity contribution in [2.45, 2.75) is 38.6 Å². The van der Waals surface area contributed by atoms with Crippen molar-refractivity contribution in [1.29, 1.82) is 0 Å². The van der Waals surface area contributed by atoms with Crippen molar-refractivity contribution in [2.24, 2.45) is 0 Å². The van der Waals surface area contributed by atoms with Gasteiger partial charge in [0.1, 0.15) is 11.6 Å². The average molecular weight is 515 g/mol. The Morgan fingerprint density at radius 3 is 2.63 bits per heavy atom. The third kappa shape index (κ3) is 5.08. The minimum Gasteiger partial charge on any atom is -0.480 e. The molecule has 3 aliphatic rings. The highest BCUT2D eigenvalue weighted by atomic mass is 16.5. The molecule has 38 heavy (non-hydrogen) atoms. The predicted molar refractivity (Wildman–Crippen MR) is 149 cm³/mol. The van der Waals surface area contributed by atoms with Crippen LogP contribution in [-0.2, 0) is 4.79 Å². The molecule has 0 bridgehead atoms. The maximum Gasteiger partial charge on any atom is 0.266 e. The molecule has 4 heterocycles. The molecule has 1 aromatic carbocycles. The fraction of sp³-hybridized carbons (Fsp3) is 0.429. The van der Waals surface area contributed by atoms with Crippen LogP contribution in [0.15, 0.2) is 42.6 Å². The number of carbonyl (C=O) groups is 1. The number of anilines is 6. The Hall–Kier alpha value is -3.92. The zero-order valence-electron chi connectivity index (χ0n) is 22.0. The highest BCUT2D eigenvalue weighted by molar-refractivity contribution is 5.97. The van der Waals surface area contributed by atoms with E-state index in [1.54, 1.807) is 6.20 Å². The third-order valence-corrected chi connectivity index (χ3v) is 7.57. The van der Waals surface area contributed by atoms with E-state index in [1.165, 1.54) is 5.69 Å². The van der Waals surface area contributed by atoms with Crippen molar-refractivity contribution < 1.29 is 9.53 Å². The Bertz CT molecular complexity index is 1320. The van der Waals surface area contributed by atoms with Crippen LogP contribution >= 0.6 is 0 Å². The van der Waals surface area contributed by atoms with Crippen LogP contribution in [0.1, 0.15) is 31.2 Å². The summed E-state index contributed by atoms with van der Waals surface area (Å²) in [6.07, 6.45) is 6.06. The largest absolute Gasteiger partial charge is 0.480 e. The van der Waals surface area contributed by atoms with E-state index >= 15 is 0 Å². The van der Waals surface area contributed by atoms with Gasteiger partial charge in [-0.15, -0.1) is 0 Å². The molecule has 2 N–H and O–H groups in total. The van der Waals surface area contributed by atoms with Crippen LogP contribution in [0, 0.1) is 6.92 Å². The van der Waals surface area contributed by atoms with Gasteiger partial charge in [-0.25, -0.2) is 9.97 Å². The van der Waals surface area contributed by atoms with E-state index in [0.29, 0.717) is 29.2 Å². The van der Waals surface area contributed by atoms with E-state index in [4.69, 9.17) is 14.7 Å². The van der Waals surface area contributed by atoms with Gasteiger partial charge in [0.25, 0.3) is 5.91 Å². The van der Waals surface area contributed by atoms with Crippen molar-refractivity contribution in [3.63, 3.8) is 0 Å². The van der Waals surface area contributed by atoms with Crippen LogP contribution in [0.3, 0.4) is 0 Å². The number of pyridine rings is 1. The first-order valence-corrected chi connectivity index (χ1v) is 13.4. The molecule has 3 aromatic rings. The van der Waals surface area contributed by atoms with E-state index < -0.39 is 0 Å². The lowest BCUT2D eigenvalue weighted by Gasteiger charge is -2.34. The van der Waals surface area contributed by atoms with Gasteiger partial charge >= 0.3 is 0 Å². The van der Waals surface area contributed by atoms with Crippen molar-refractivity contribution in [3.8, 4) is 5.75 Å². The van der Waals surface area contributed by atoms with Crippen LogP contribution < -0.4 is 25.2 Å². The van der Waals surface area contributed by atoms with Gasteiger partial charge in [-0.2, -0.15) is 4.98 Å². The number of nitrogens with one attached hydrogen (secondary N) is 2. The fourth-order valence-electron chi connectivity index (χ4n) is 5.38. The first-order chi connectivity index (χ1) is 18.5. The standard InChI is InChI=1S/C28H34N8O2/c1-19-17-29-28(30-20-6-5-9-22(16-20)35-14-12-34(2)13-15-35)33-26(19)31-24-11-10-23-27(32-24)36(25(37)18-38-23)21-7-3-4-8-21/h5-6,9-11,16-17,21H,3-4,7-8,12-15,18H2,1-2H3,(H2,29,30,31,32,33). The summed E-state index contributed by atoms with van der Waals surface area (Å²) >= 11 is 0. The number of hydrogen-bond acceptors (Lipinski definition) is 9. The predicted octanol–water partition coefficient (Wildman–Crippen LogP) is 4.09. The number of ether oxygens (including phenoxy) is 1. The Labute approximate surface area is 223 Å². The second kappa shape index (κ2) is 10.4. The number of likely N-dealkylation sites (N-methyl/N-ethyl adjacent to an activating group) is 1. The van der Waals surface area contributed by atoms with Crippen molar-refractivity contribution in [3.05, 3.63) is 48.2 Å². The van der Waals surface area contributed by atoms with E-state index in [-0.39, 0.29) is 18.6 Å². The SMILES string of the molecule is Cc1cnc(Nc2cccc(N3CCN(C)CC3)c2)nc1Nc1ccc2c(n1)N(C1CCCC1)C(=O)CO2. The van der Waals surface area contributed by atoms with Crippen LogP contribution in [0.2, 0.25) is 0 Å². The summed E-state index contributed by atoms with van der Waals surface area (Å²) in [6, 6.07) is 12.3. The minimum absolute atomic E-state index is 0.0300. The number of fused-ring (bicyclic) bond motifs is 1. The normalized spacial score (nSPS) is 18.3. The Kier molecular flexibility index (Phi) is 6.71. The van der Waals surface area contributed by atoms with Crippen molar-refractivity contribution in [1.82, 2.24) is 19.9 Å². The molecule has 1 amide bonds. The van der Waals surface area contributed by atoms with Gasteiger partial charge in [0.2, 0.25) is 5.95 Å². The molecule has 6 rings (SSSR count). The molecule has 10 heteroatoms. The minimum atomic E-state index is -0.0300. The lowest BCUT2D eigenvalue weighted by molar-refractivity contribution is -0.121. The van der Waals surface area contributed by atoms with Gasteiger partial charge in [-0.3, -0.25) is 9.69 Å². The summed E-state index contributed by atoms with van der Waals surface area (Å²) in [5.74, 6) is 2.96. The molecular weight excluding hydrogens is 480 g/mol. The van der Waals surface area contributed by atoms with Gasteiger partial charge in [0.05, 0.1) is 0 Å². The van der Waals surface area contributed by atoms with Gasteiger partial charge in [0.15, 0.2) is 18.2 Å². The summed E-state index contributed by atoms with van der Waals surface area (Å²) in [5.41, 5.74) is 3.02. The van der Waals surface area contributed by atoms with E-state index in [0.717, 1.165) is 63.1 Å². The molecule has 2 aliphatic heterocycles. The lowest BCUT2D eigenvalue weighted by Crippen LogP contribution is -2.45. The maximum atomic E-state index is 12.7. The zero-order valence-corrected chi connectivity index (χ0v) is 22.0. The van der Waals surface area contributed by atoms with Crippen LogP contribution in [-0.4, -0.2) is 71.6 Å². The second-order valence-corrected chi connectivity index (χ2v) is 10.3. The fourth-order valence-corrected chi connectivity index (χ4v) is 5.38. The number of amides is 1. The van der Waals surface area contributed by atoms with E-state index in [2.05, 4.69) is 50.7 Å². The number of carbonyl (C=O) groups excluding carboxylic acids is 1. The van der Waals surface area contributed by atoms with Gasteiger partial charge in [0, 0.05) is 55.4 Å². The molecule has 0 spiro atoms. The van der Waals surface area contributed by atoms with Gasteiger partial charge in [-0.1, -0.05) is 18.9 Å². The van der Waals surface area contributed by atoms with Crippen LogP contribution in [0.5, 0.6) is 5.75 Å². The molecule has 2 aromatic heterocycles. The van der Waals surface area contributed by atoms with E-state index in [9.17, 15) is 4.79 Å². The zero-order chi connectivity index (χ0) is 26.1. The van der Waals surface area contributed by atoms with E-state index in [1.807, 2.05) is 30.0 Å². The molecule has 10 nitrogen and oxygen atoms in total. The van der Waals surface area contributed by atoms with Crippen molar-refractivity contribution >= 4 is 40.7 Å². The van der Waals surface area contributed by atoms with Crippen LogP contribution in [0.4, 0.5) is 34.8 Å². The van der Waals surface area contributed by atoms with Crippen LogP contribution in [0.25, 0.3) is 0 Å². The molecule has 2 fully saturated rings. The highest BCUT2D eigenvalue weighted by Gasteiger charge is 2.34. The number of rotatable bonds is 6. The molecular formula is C28H34N8O2. The Morgan fingerprint density at radius 2 is 1.82 bits per heavy atom. The summed E-state index contributed by atoms with van der Waals surface area (Å²) in [7, 11) is 2.16. The molecule has 1 saturated heterocycles. The summed E-state index contributed by atoms with van der Waals surface area (Å²) < 4.78 is 5.68. The molecule has 1 saturated carbocycles. The van der Waals surface area contributed by atoms with Gasteiger partial charge < -0.3 is 25.2 Å². The highest BCUT2D eigenvalue weighted by Crippen LogP contribution is 2.37. The molecule has 1 aliphatic carbocycles. The summed E-state index contributed by atoms with van der Waals surface area (Å²) in [5, 5.41) is 6.69. The molecule has 0 atom stereocenters. The molecule has 0 radical (unpaired) electrons. The number of aromatic nitrogens is 3. The lowest BCUT2D eigenvalue weighted by atomic mass is 10.2. The summed E-state index contributed by atoms with van der Waals surface area (Å²) in [6.45, 7) is 6.16. The third-order valence-electron chi connectivity index (χ3n) is 7.57. The maximum absolute atomic E-state index is 12.7. The smallest absolute Gasteiger partial charge is 0.266 e. The van der Waals surface area contributed by atoms with Crippen molar-refractivity contribution in [2.75, 3.05) is 60.3 Å². The Balaban J connectivity index is 1.20.